The van der Waals surface area contributed by atoms with Gasteiger partial charge in [0.1, 0.15) is 4.88 Å². The maximum atomic E-state index is 12.7. The average molecular weight is 309 g/mol. The lowest BCUT2D eigenvalue weighted by molar-refractivity contribution is -0.0885. The van der Waals surface area contributed by atoms with E-state index in [9.17, 15) is 9.90 Å². The molecule has 2 heterocycles. The maximum Gasteiger partial charge on any atom is 0.267 e. The molecule has 1 saturated carbocycles. The molecular formula is C15H23N3O2S. The third-order valence-electron chi connectivity index (χ3n) is 4.97. The Balaban J connectivity index is 1.76. The van der Waals surface area contributed by atoms with Crippen LogP contribution in [0.3, 0.4) is 0 Å². The van der Waals surface area contributed by atoms with E-state index in [1.807, 2.05) is 18.7 Å². The van der Waals surface area contributed by atoms with E-state index in [-0.39, 0.29) is 17.7 Å². The number of piperidine rings is 1. The molecule has 21 heavy (non-hydrogen) atoms. The van der Waals surface area contributed by atoms with Crippen LogP contribution in [0.1, 0.15) is 67.2 Å². The molecular weight excluding hydrogens is 286 g/mol. The molecule has 1 saturated heterocycles. The van der Waals surface area contributed by atoms with Crippen LogP contribution in [0.2, 0.25) is 0 Å². The van der Waals surface area contributed by atoms with Gasteiger partial charge in [-0.2, -0.15) is 0 Å². The van der Waals surface area contributed by atoms with Gasteiger partial charge in [-0.3, -0.25) is 4.79 Å². The highest BCUT2D eigenvalue weighted by atomic mass is 32.1. The minimum Gasteiger partial charge on any atom is -0.389 e. The van der Waals surface area contributed by atoms with E-state index < -0.39 is 5.60 Å². The van der Waals surface area contributed by atoms with Crippen molar-refractivity contribution >= 4 is 17.4 Å². The highest BCUT2D eigenvalue weighted by Gasteiger charge is 2.44. The lowest BCUT2D eigenvalue weighted by atomic mass is 9.71. The second-order valence-electron chi connectivity index (χ2n) is 6.69. The summed E-state index contributed by atoms with van der Waals surface area (Å²) in [5.41, 5.74) is 0.261. The average Bonchev–Trinajstić information content (AvgIpc) is 2.95. The molecule has 1 aromatic rings. The van der Waals surface area contributed by atoms with Crippen LogP contribution in [0, 0.1) is 5.92 Å². The Hall–Kier alpha value is -1.01. The summed E-state index contributed by atoms with van der Waals surface area (Å²) in [5.74, 6) is 0.479. The summed E-state index contributed by atoms with van der Waals surface area (Å²) in [7, 11) is 0. The first kappa shape index (κ1) is 14.9. The van der Waals surface area contributed by atoms with Crippen LogP contribution in [0.4, 0.5) is 0 Å². The molecule has 2 unspecified atom stereocenters. The van der Waals surface area contributed by atoms with Crippen molar-refractivity contribution in [1.82, 2.24) is 14.5 Å². The molecule has 0 bridgehead atoms. The van der Waals surface area contributed by atoms with Gasteiger partial charge < -0.3 is 10.0 Å². The van der Waals surface area contributed by atoms with Gasteiger partial charge in [0.2, 0.25) is 0 Å². The van der Waals surface area contributed by atoms with Crippen molar-refractivity contribution in [3.8, 4) is 0 Å². The Morgan fingerprint density at radius 1 is 1.43 bits per heavy atom. The first-order valence-corrected chi connectivity index (χ1v) is 8.62. The monoisotopic (exact) mass is 309 g/mol. The summed E-state index contributed by atoms with van der Waals surface area (Å²) in [6, 6.07) is 0. The number of hydrogen-bond donors (Lipinski definition) is 1. The van der Waals surface area contributed by atoms with Gasteiger partial charge in [0, 0.05) is 19.0 Å². The highest BCUT2D eigenvalue weighted by Crippen LogP contribution is 2.40. The zero-order chi connectivity index (χ0) is 15.0. The second kappa shape index (κ2) is 5.65. The minimum atomic E-state index is -0.540. The van der Waals surface area contributed by atoms with Gasteiger partial charge >= 0.3 is 0 Å². The van der Waals surface area contributed by atoms with Gasteiger partial charge in [-0.25, -0.2) is 0 Å². The molecule has 1 amide bonds. The fraction of sp³-hybridized carbons (Fsp3) is 0.800. The smallest absolute Gasteiger partial charge is 0.267 e. The van der Waals surface area contributed by atoms with Crippen molar-refractivity contribution in [3.63, 3.8) is 0 Å². The van der Waals surface area contributed by atoms with E-state index >= 15 is 0 Å². The molecule has 3 rings (SSSR count). The number of aromatic nitrogens is 2. The molecule has 0 spiro atoms. The second-order valence-corrected chi connectivity index (χ2v) is 7.44. The third-order valence-corrected chi connectivity index (χ3v) is 5.70. The van der Waals surface area contributed by atoms with Crippen molar-refractivity contribution in [2.45, 2.75) is 57.5 Å². The molecule has 2 fully saturated rings. The van der Waals surface area contributed by atoms with Gasteiger partial charge in [0.15, 0.2) is 0 Å². The number of amides is 1. The van der Waals surface area contributed by atoms with Gasteiger partial charge in [-0.15, -0.1) is 5.10 Å². The summed E-state index contributed by atoms with van der Waals surface area (Å²) in [4.78, 5) is 15.3. The van der Waals surface area contributed by atoms with Gasteiger partial charge in [0.05, 0.1) is 11.3 Å². The number of nitrogens with zero attached hydrogens (tertiary/aromatic N) is 3. The molecule has 1 aliphatic heterocycles. The van der Waals surface area contributed by atoms with Crippen molar-refractivity contribution in [3.05, 3.63) is 10.6 Å². The van der Waals surface area contributed by atoms with Gasteiger partial charge in [0.25, 0.3) is 5.91 Å². The zero-order valence-electron chi connectivity index (χ0n) is 12.7. The van der Waals surface area contributed by atoms with Crippen LogP contribution in [-0.4, -0.2) is 44.2 Å². The van der Waals surface area contributed by atoms with Gasteiger partial charge in [-0.05, 0) is 36.7 Å². The van der Waals surface area contributed by atoms with Crippen molar-refractivity contribution in [2.75, 3.05) is 13.1 Å². The first-order valence-electron chi connectivity index (χ1n) is 7.85. The topological polar surface area (TPSA) is 66.3 Å². The summed E-state index contributed by atoms with van der Waals surface area (Å²) in [6.45, 7) is 5.37. The normalized spacial score (nSPS) is 29.5. The number of likely N-dealkylation sites (tertiary alicyclic amines) is 1. The first-order chi connectivity index (χ1) is 10.0. The number of hydrogen-bond acceptors (Lipinski definition) is 5. The van der Waals surface area contributed by atoms with Gasteiger partial charge in [-0.1, -0.05) is 31.2 Å². The summed E-state index contributed by atoms with van der Waals surface area (Å²) in [6.07, 6.45) is 4.88. The standard InChI is InChI=1S/C15H23N3O2S/c1-10(2)12-13(21-17-16-12)14(19)18-8-7-15(20)6-4-3-5-11(15)9-18/h10-11,20H,3-9H2,1-2H3. The van der Waals surface area contributed by atoms with Crippen LogP contribution < -0.4 is 0 Å². The fourth-order valence-electron chi connectivity index (χ4n) is 3.62. The van der Waals surface area contributed by atoms with Crippen LogP contribution in [0.25, 0.3) is 0 Å². The van der Waals surface area contributed by atoms with E-state index in [1.54, 1.807) is 0 Å². The van der Waals surface area contributed by atoms with Crippen LogP contribution in [0.15, 0.2) is 0 Å². The minimum absolute atomic E-state index is 0.0429. The fourth-order valence-corrected chi connectivity index (χ4v) is 4.41. The van der Waals surface area contributed by atoms with E-state index in [1.165, 1.54) is 11.5 Å². The number of carbonyl (C=O) groups excluding carboxylic acids is 1. The molecule has 6 heteroatoms. The quantitative estimate of drug-likeness (QED) is 0.911. The van der Waals surface area contributed by atoms with Crippen molar-refractivity contribution < 1.29 is 9.90 Å². The molecule has 2 aliphatic rings. The molecule has 116 valence electrons. The zero-order valence-corrected chi connectivity index (χ0v) is 13.5. The molecule has 1 aliphatic carbocycles. The van der Waals surface area contributed by atoms with E-state index in [2.05, 4.69) is 9.59 Å². The Morgan fingerprint density at radius 2 is 2.24 bits per heavy atom. The third kappa shape index (κ3) is 2.71. The predicted molar refractivity (Wildman–Crippen MR) is 81.4 cm³/mol. The Bertz CT molecular complexity index is 531. The molecule has 1 aromatic heterocycles. The molecule has 5 nitrogen and oxygen atoms in total. The molecule has 1 N–H and O–H groups in total. The molecule has 0 radical (unpaired) electrons. The maximum absolute atomic E-state index is 12.7. The lowest BCUT2D eigenvalue weighted by Crippen LogP contribution is -2.54. The van der Waals surface area contributed by atoms with E-state index in [4.69, 9.17) is 0 Å². The number of fused-ring (bicyclic) bond motifs is 1. The van der Waals surface area contributed by atoms with Crippen LogP contribution in [0.5, 0.6) is 0 Å². The lowest BCUT2D eigenvalue weighted by Gasteiger charge is -2.47. The SMILES string of the molecule is CC(C)c1nnsc1C(=O)N1CCC2(O)CCCCC2C1. The summed E-state index contributed by atoms with van der Waals surface area (Å²) < 4.78 is 3.95. The predicted octanol–water partition coefficient (Wildman–Crippen LogP) is 2.43. The van der Waals surface area contributed by atoms with E-state index in [0.29, 0.717) is 24.4 Å². The number of carbonyl (C=O) groups is 1. The molecule has 0 aromatic carbocycles. The Kier molecular flexibility index (Phi) is 4.01. The van der Waals surface area contributed by atoms with Crippen molar-refractivity contribution in [2.24, 2.45) is 5.92 Å². The Labute approximate surface area is 129 Å². The Morgan fingerprint density at radius 3 is 3.00 bits per heavy atom. The largest absolute Gasteiger partial charge is 0.389 e. The molecule has 2 atom stereocenters. The number of aliphatic hydroxyl groups is 1. The van der Waals surface area contributed by atoms with Crippen LogP contribution in [-0.2, 0) is 0 Å². The highest BCUT2D eigenvalue weighted by molar-refractivity contribution is 7.08. The van der Waals surface area contributed by atoms with Crippen LogP contribution >= 0.6 is 11.5 Å². The van der Waals surface area contributed by atoms with Crippen molar-refractivity contribution in [1.29, 1.82) is 0 Å². The summed E-state index contributed by atoms with van der Waals surface area (Å²) >= 11 is 1.19. The van der Waals surface area contributed by atoms with E-state index in [0.717, 1.165) is 31.4 Å². The number of rotatable bonds is 2. The summed E-state index contributed by atoms with van der Waals surface area (Å²) in [5, 5.41) is 14.8.